The summed E-state index contributed by atoms with van der Waals surface area (Å²) in [5.74, 6) is -1.71. The lowest BCUT2D eigenvalue weighted by molar-refractivity contribution is 0.0995. The van der Waals surface area contributed by atoms with Crippen molar-refractivity contribution in [3.63, 3.8) is 0 Å². The maximum Gasteiger partial charge on any atom is 0.256 e. The normalized spacial score (nSPS) is 12.3. The Bertz CT molecular complexity index is 579. The van der Waals surface area contributed by atoms with E-state index in [4.69, 9.17) is 5.73 Å². The van der Waals surface area contributed by atoms with Crippen LogP contribution >= 0.6 is 0 Å². The predicted octanol–water partition coefficient (Wildman–Crippen LogP) is 1.07. The van der Waals surface area contributed by atoms with Gasteiger partial charge in [0.25, 0.3) is 5.91 Å². The highest BCUT2D eigenvalue weighted by atomic mass is 16.3. The zero-order valence-corrected chi connectivity index (χ0v) is 9.71. The van der Waals surface area contributed by atoms with Gasteiger partial charge in [-0.3, -0.25) is 4.79 Å². The van der Waals surface area contributed by atoms with Crippen LogP contribution in [0.25, 0.3) is 0 Å². The second-order valence-electron chi connectivity index (χ2n) is 3.99. The van der Waals surface area contributed by atoms with E-state index in [1.165, 1.54) is 12.4 Å². The Morgan fingerprint density at radius 1 is 1.44 bits per heavy atom. The average Bonchev–Trinajstić information content (AvgIpc) is 2.81. The number of carbonyl (C=O) groups excluding carboxylic acids is 1. The van der Waals surface area contributed by atoms with E-state index in [0.29, 0.717) is 5.56 Å². The highest BCUT2D eigenvalue weighted by Gasteiger charge is 2.21. The monoisotopic (exact) mass is 247 g/mol. The quantitative estimate of drug-likeness (QED) is 0.649. The van der Waals surface area contributed by atoms with Crippen molar-refractivity contribution >= 4 is 5.91 Å². The lowest BCUT2D eigenvalue weighted by Crippen LogP contribution is -2.12. The first-order chi connectivity index (χ1) is 8.52. The molecule has 0 saturated carbocycles. The van der Waals surface area contributed by atoms with Crippen LogP contribution in [0.2, 0.25) is 0 Å². The number of primary amides is 1. The van der Waals surface area contributed by atoms with E-state index >= 15 is 0 Å². The van der Waals surface area contributed by atoms with Gasteiger partial charge in [0, 0.05) is 23.4 Å². The van der Waals surface area contributed by atoms with Crippen molar-refractivity contribution in [1.82, 2.24) is 9.97 Å². The number of imidazole rings is 1. The fraction of sp³-hybridized carbons (Fsp3) is 0.167. The Morgan fingerprint density at radius 3 is 2.72 bits per heavy atom. The largest absolute Gasteiger partial charge is 0.507 e. The molecule has 2 rings (SSSR count). The van der Waals surface area contributed by atoms with Crippen molar-refractivity contribution in [2.24, 2.45) is 5.73 Å². The molecule has 1 unspecified atom stereocenters. The Labute approximate surface area is 103 Å². The molecule has 5 N–H and O–H groups in total. The first kappa shape index (κ1) is 12.0. The molecule has 0 spiro atoms. The standard InChI is InChI=1S/C12H13N3O3/c1-6(8-4-14-5-15-8)7-2-3-9(16)10(11(7)17)12(13)18/h2-6,16-17H,1H3,(H2,13,18)(H,14,15). The summed E-state index contributed by atoms with van der Waals surface area (Å²) in [5.41, 5.74) is 6.13. The summed E-state index contributed by atoms with van der Waals surface area (Å²) in [4.78, 5) is 18.0. The number of aromatic nitrogens is 2. The molecule has 6 heteroatoms. The molecule has 0 aliphatic carbocycles. The maximum atomic E-state index is 11.2. The number of nitrogens with zero attached hydrogens (tertiary/aromatic N) is 1. The van der Waals surface area contributed by atoms with Gasteiger partial charge in [-0.15, -0.1) is 0 Å². The van der Waals surface area contributed by atoms with Crippen LogP contribution in [0.3, 0.4) is 0 Å². The van der Waals surface area contributed by atoms with E-state index in [-0.39, 0.29) is 23.0 Å². The minimum Gasteiger partial charge on any atom is -0.507 e. The number of rotatable bonds is 3. The average molecular weight is 247 g/mol. The van der Waals surface area contributed by atoms with Crippen LogP contribution in [0.4, 0.5) is 0 Å². The first-order valence-corrected chi connectivity index (χ1v) is 5.35. The van der Waals surface area contributed by atoms with Crippen LogP contribution < -0.4 is 5.73 Å². The van der Waals surface area contributed by atoms with Crippen molar-refractivity contribution in [3.8, 4) is 11.5 Å². The van der Waals surface area contributed by atoms with Crippen LogP contribution in [-0.4, -0.2) is 26.1 Å². The number of phenols is 2. The molecule has 0 radical (unpaired) electrons. The number of hydrogen-bond donors (Lipinski definition) is 4. The van der Waals surface area contributed by atoms with E-state index in [2.05, 4.69) is 9.97 Å². The van der Waals surface area contributed by atoms with Crippen molar-refractivity contribution < 1.29 is 15.0 Å². The van der Waals surface area contributed by atoms with Crippen molar-refractivity contribution in [3.05, 3.63) is 41.5 Å². The summed E-state index contributed by atoms with van der Waals surface area (Å²) in [6.45, 7) is 1.84. The molecule has 18 heavy (non-hydrogen) atoms. The van der Waals surface area contributed by atoms with Gasteiger partial charge < -0.3 is 20.9 Å². The molecular weight excluding hydrogens is 234 g/mol. The molecule has 0 saturated heterocycles. The van der Waals surface area contributed by atoms with Crippen LogP contribution in [0, 0.1) is 0 Å². The molecule has 0 fully saturated rings. The van der Waals surface area contributed by atoms with Crippen LogP contribution in [-0.2, 0) is 0 Å². The number of nitrogens with two attached hydrogens (primary N) is 1. The van der Waals surface area contributed by atoms with Crippen molar-refractivity contribution in [2.45, 2.75) is 12.8 Å². The Morgan fingerprint density at radius 2 is 2.17 bits per heavy atom. The van der Waals surface area contributed by atoms with Crippen molar-refractivity contribution in [2.75, 3.05) is 0 Å². The van der Waals surface area contributed by atoms with E-state index < -0.39 is 5.91 Å². The number of hydrogen-bond acceptors (Lipinski definition) is 4. The molecular formula is C12H13N3O3. The third-order valence-corrected chi connectivity index (χ3v) is 2.89. The zero-order chi connectivity index (χ0) is 13.3. The molecule has 1 amide bonds. The van der Waals surface area contributed by atoms with E-state index in [0.717, 1.165) is 5.69 Å². The highest BCUT2D eigenvalue weighted by Crippen LogP contribution is 2.36. The van der Waals surface area contributed by atoms with E-state index in [1.54, 1.807) is 12.3 Å². The van der Waals surface area contributed by atoms with Crippen molar-refractivity contribution in [1.29, 1.82) is 0 Å². The van der Waals surface area contributed by atoms with Gasteiger partial charge in [-0.05, 0) is 6.07 Å². The minimum atomic E-state index is -0.872. The van der Waals surface area contributed by atoms with Crippen LogP contribution in [0.5, 0.6) is 11.5 Å². The molecule has 6 nitrogen and oxygen atoms in total. The molecule has 0 aliphatic rings. The maximum absolute atomic E-state index is 11.2. The summed E-state index contributed by atoms with van der Waals surface area (Å²) >= 11 is 0. The third kappa shape index (κ3) is 1.88. The van der Waals surface area contributed by atoms with Gasteiger partial charge in [-0.25, -0.2) is 4.98 Å². The minimum absolute atomic E-state index is 0.203. The molecule has 1 atom stereocenters. The van der Waals surface area contributed by atoms with Gasteiger partial charge in [0.05, 0.1) is 6.33 Å². The Hall–Kier alpha value is -2.50. The number of carbonyl (C=O) groups is 1. The second kappa shape index (κ2) is 4.40. The first-order valence-electron chi connectivity index (χ1n) is 5.35. The lowest BCUT2D eigenvalue weighted by atomic mass is 9.94. The summed E-state index contributed by atoms with van der Waals surface area (Å²) in [6, 6.07) is 2.88. The number of nitrogens with one attached hydrogen (secondary N) is 1. The van der Waals surface area contributed by atoms with Gasteiger partial charge in [0.2, 0.25) is 0 Å². The third-order valence-electron chi connectivity index (χ3n) is 2.89. The lowest BCUT2D eigenvalue weighted by Gasteiger charge is -2.14. The molecule has 2 aromatic rings. The van der Waals surface area contributed by atoms with Gasteiger partial charge in [-0.2, -0.15) is 0 Å². The molecule has 0 bridgehead atoms. The molecule has 1 aromatic carbocycles. The molecule has 1 heterocycles. The Balaban J connectivity index is 2.53. The molecule has 1 aromatic heterocycles. The zero-order valence-electron chi connectivity index (χ0n) is 9.71. The van der Waals surface area contributed by atoms with E-state index in [1.807, 2.05) is 6.92 Å². The number of benzene rings is 1. The molecule has 0 aliphatic heterocycles. The van der Waals surface area contributed by atoms with Gasteiger partial charge in [-0.1, -0.05) is 13.0 Å². The predicted molar refractivity (Wildman–Crippen MR) is 64.4 cm³/mol. The molecule has 94 valence electrons. The van der Waals surface area contributed by atoms with Gasteiger partial charge in [0.15, 0.2) is 0 Å². The summed E-state index contributed by atoms with van der Waals surface area (Å²) in [5, 5.41) is 19.5. The SMILES string of the molecule is CC(c1cnc[nH]1)c1ccc(O)c(C(N)=O)c1O. The second-order valence-corrected chi connectivity index (χ2v) is 3.99. The topological polar surface area (TPSA) is 112 Å². The fourth-order valence-corrected chi connectivity index (χ4v) is 1.86. The Kier molecular flexibility index (Phi) is 2.93. The smallest absolute Gasteiger partial charge is 0.256 e. The number of H-pyrrole nitrogens is 1. The van der Waals surface area contributed by atoms with Gasteiger partial charge >= 0.3 is 0 Å². The number of aromatic hydroxyl groups is 2. The van der Waals surface area contributed by atoms with Crippen LogP contribution in [0.1, 0.15) is 34.5 Å². The van der Waals surface area contributed by atoms with Gasteiger partial charge in [0.1, 0.15) is 17.1 Å². The van der Waals surface area contributed by atoms with Crippen LogP contribution in [0.15, 0.2) is 24.7 Å². The summed E-state index contributed by atoms with van der Waals surface area (Å²) in [6.07, 6.45) is 3.15. The highest BCUT2D eigenvalue weighted by molar-refractivity contribution is 5.98. The van der Waals surface area contributed by atoms with E-state index in [9.17, 15) is 15.0 Å². The summed E-state index contributed by atoms with van der Waals surface area (Å²) in [7, 11) is 0. The summed E-state index contributed by atoms with van der Waals surface area (Å²) < 4.78 is 0. The number of amides is 1. The fourth-order valence-electron chi connectivity index (χ4n) is 1.86. The number of aromatic amines is 1.